The summed E-state index contributed by atoms with van der Waals surface area (Å²) in [7, 11) is 0. The molecule has 5 heteroatoms. The first-order valence-corrected chi connectivity index (χ1v) is 10.3. The largest absolute Gasteiger partial charge is 0.341 e. The van der Waals surface area contributed by atoms with Gasteiger partial charge in [0.2, 0.25) is 5.91 Å². The Morgan fingerprint density at radius 1 is 1.08 bits per heavy atom. The van der Waals surface area contributed by atoms with Gasteiger partial charge in [0, 0.05) is 18.7 Å². The number of benzene rings is 1. The van der Waals surface area contributed by atoms with Gasteiger partial charge in [0.25, 0.3) is 5.91 Å². The molecule has 24 heavy (non-hydrogen) atoms. The molecular weight excluding hydrogens is 320 g/mol. The summed E-state index contributed by atoms with van der Waals surface area (Å²) in [5, 5.41) is 2.96. The van der Waals surface area contributed by atoms with Gasteiger partial charge in [-0.3, -0.25) is 9.59 Å². The second kappa shape index (κ2) is 10.4. The molecule has 2 rings (SSSR count). The van der Waals surface area contributed by atoms with Crippen LogP contribution in [0, 0.1) is 0 Å². The quantitative estimate of drug-likeness (QED) is 0.858. The van der Waals surface area contributed by atoms with E-state index in [0.717, 1.165) is 31.7 Å². The summed E-state index contributed by atoms with van der Waals surface area (Å²) >= 11 is 1.70. The smallest absolute Gasteiger partial charge is 0.251 e. The van der Waals surface area contributed by atoms with Crippen molar-refractivity contribution in [3.63, 3.8) is 0 Å². The lowest BCUT2D eigenvalue weighted by Gasteiger charge is -2.29. The van der Waals surface area contributed by atoms with Gasteiger partial charge < -0.3 is 10.2 Å². The maximum absolute atomic E-state index is 12.9. The predicted molar refractivity (Wildman–Crippen MR) is 100 cm³/mol. The fourth-order valence-corrected chi connectivity index (χ4v) is 3.48. The van der Waals surface area contributed by atoms with Gasteiger partial charge in [0.15, 0.2) is 0 Å². The Bertz CT molecular complexity index is 513. The molecule has 1 saturated heterocycles. The second-order valence-corrected chi connectivity index (χ2v) is 7.25. The zero-order valence-electron chi connectivity index (χ0n) is 14.5. The van der Waals surface area contributed by atoms with Gasteiger partial charge in [0.05, 0.1) is 0 Å². The number of carbonyl (C=O) groups excluding carboxylic acids is 2. The summed E-state index contributed by atoms with van der Waals surface area (Å²) in [6.45, 7) is 1.63. The number of hydrogen-bond donors (Lipinski definition) is 1. The topological polar surface area (TPSA) is 49.4 Å². The molecule has 4 nitrogen and oxygen atoms in total. The van der Waals surface area contributed by atoms with Crippen molar-refractivity contribution in [2.75, 3.05) is 25.1 Å². The van der Waals surface area contributed by atoms with Gasteiger partial charge in [-0.05, 0) is 43.4 Å². The standard InChI is InChI=1S/C19H28N2O2S/c1-24-15-12-17(20-18(22)16-10-6-5-7-11-16)19(23)21-13-8-3-2-4-9-14-21/h5-7,10-11,17H,2-4,8-9,12-15H2,1H3,(H,20,22)/t17-/m0/s1. The van der Waals surface area contributed by atoms with E-state index in [1.807, 2.05) is 29.4 Å². The Morgan fingerprint density at radius 3 is 2.33 bits per heavy atom. The average molecular weight is 349 g/mol. The number of rotatable bonds is 6. The molecule has 0 aliphatic carbocycles. The van der Waals surface area contributed by atoms with Crippen LogP contribution in [0.1, 0.15) is 48.9 Å². The van der Waals surface area contributed by atoms with Crippen molar-refractivity contribution in [3.05, 3.63) is 35.9 Å². The summed E-state index contributed by atoms with van der Waals surface area (Å²) in [4.78, 5) is 27.3. The highest BCUT2D eigenvalue weighted by molar-refractivity contribution is 7.98. The Balaban J connectivity index is 2.02. The van der Waals surface area contributed by atoms with E-state index in [-0.39, 0.29) is 11.8 Å². The second-order valence-electron chi connectivity index (χ2n) is 6.27. The van der Waals surface area contributed by atoms with Gasteiger partial charge in [-0.1, -0.05) is 37.5 Å². The third-order valence-corrected chi connectivity index (χ3v) is 5.06. The average Bonchev–Trinajstić information content (AvgIpc) is 2.58. The summed E-state index contributed by atoms with van der Waals surface area (Å²) in [6.07, 6.45) is 8.47. The number of thioether (sulfide) groups is 1. The number of carbonyl (C=O) groups is 2. The van der Waals surface area contributed by atoms with E-state index in [2.05, 4.69) is 5.32 Å². The minimum Gasteiger partial charge on any atom is -0.341 e. The molecule has 1 aromatic rings. The Labute approximate surface area is 149 Å². The molecule has 1 aliphatic rings. The third-order valence-electron chi connectivity index (χ3n) is 4.42. The fourth-order valence-electron chi connectivity index (χ4n) is 3.01. The van der Waals surface area contributed by atoms with E-state index in [9.17, 15) is 9.59 Å². The first-order valence-electron chi connectivity index (χ1n) is 8.86. The lowest BCUT2D eigenvalue weighted by atomic mass is 10.1. The molecule has 132 valence electrons. The van der Waals surface area contributed by atoms with Crippen LogP contribution >= 0.6 is 11.8 Å². The zero-order chi connectivity index (χ0) is 17.2. The summed E-state index contributed by atoms with van der Waals surface area (Å²) in [5.74, 6) is 0.775. The Hall–Kier alpha value is -1.49. The van der Waals surface area contributed by atoms with E-state index in [1.54, 1.807) is 23.9 Å². The van der Waals surface area contributed by atoms with E-state index < -0.39 is 6.04 Å². The van der Waals surface area contributed by atoms with Crippen molar-refractivity contribution in [1.82, 2.24) is 10.2 Å². The highest BCUT2D eigenvalue weighted by Gasteiger charge is 2.26. The van der Waals surface area contributed by atoms with Crippen LogP contribution < -0.4 is 5.32 Å². The van der Waals surface area contributed by atoms with Crippen molar-refractivity contribution in [3.8, 4) is 0 Å². The molecule has 0 radical (unpaired) electrons. The van der Waals surface area contributed by atoms with E-state index in [4.69, 9.17) is 0 Å². The van der Waals surface area contributed by atoms with Crippen LogP contribution in [0.2, 0.25) is 0 Å². The third kappa shape index (κ3) is 5.86. The van der Waals surface area contributed by atoms with Gasteiger partial charge in [-0.25, -0.2) is 0 Å². The van der Waals surface area contributed by atoms with Gasteiger partial charge in [0.1, 0.15) is 6.04 Å². The molecule has 1 N–H and O–H groups in total. The zero-order valence-corrected chi connectivity index (χ0v) is 15.3. The van der Waals surface area contributed by atoms with Gasteiger partial charge in [-0.2, -0.15) is 11.8 Å². The molecule has 1 aromatic carbocycles. The van der Waals surface area contributed by atoms with E-state index in [1.165, 1.54) is 19.3 Å². The normalized spacial score (nSPS) is 16.8. The van der Waals surface area contributed by atoms with Crippen LogP contribution in [0.15, 0.2) is 30.3 Å². The van der Waals surface area contributed by atoms with E-state index in [0.29, 0.717) is 12.0 Å². The molecule has 0 unspecified atom stereocenters. The maximum atomic E-state index is 12.9. The number of hydrogen-bond acceptors (Lipinski definition) is 3. The van der Waals surface area contributed by atoms with Gasteiger partial charge in [-0.15, -0.1) is 0 Å². The van der Waals surface area contributed by atoms with Crippen molar-refractivity contribution in [2.24, 2.45) is 0 Å². The SMILES string of the molecule is CSCC[C@H](NC(=O)c1ccccc1)C(=O)N1CCCCCCC1. The molecule has 1 atom stereocenters. The summed E-state index contributed by atoms with van der Waals surface area (Å²) < 4.78 is 0. The van der Waals surface area contributed by atoms with Crippen molar-refractivity contribution in [2.45, 2.75) is 44.6 Å². The van der Waals surface area contributed by atoms with Crippen molar-refractivity contribution < 1.29 is 9.59 Å². The van der Waals surface area contributed by atoms with Crippen LogP contribution in [-0.4, -0.2) is 47.9 Å². The number of nitrogens with one attached hydrogen (secondary N) is 1. The predicted octanol–water partition coefficient (Wildman–Crippen LogP) is 3.33. The lowest BCUT2D eigenvalue weighted by Crippen LogP contribution is -2.49. The summed E-state index contributed by atoms with van der Waals surface area (Å²) in [6, 6.07) is 8.69. The van der Waals surface area contributed by atoms with Gasteiger partial charge >= 0.3 is 0 Å². The molecule has 0 aromatic heterocycles. The molecule has 0 saturated carbocycles. The molecule has 1 aliphatic heterocycles. The molecule has 0 bridgehead atoms. The van der Waals surface area contributed by atoms with Crippen LogP contribution in [0.4, 0.5) is 0 Å². The first kappa shape index (κ1) is 18.8. The summed E-state index contributed by atoms with van der Waals surface area (Å²) in [5.41, 5.74) is 0.604. The van der Waals surface area contributed by atoms with Crippen LogP contribution in [-0.2, 0) is 4.79 Å². The van der Waals surface area contributed by atoms with Crippen LogP contribution in [0.5, 0.6) is 0 Å². The maximum Gasteiger partial charge on any atom is 0.251 e. The Morgan fingerprint density at radius 2 is 1.71 bits per heavy atom. The first-order chi connectivity index (χ1) is 11.7. The molecular formula is C19H28N2O2S. The number of nitrogens with zero attached hydrogens (tertiary/aromatic N) is 1. The highest BCUT2D eigenvalue weighted by atomic mass is 32.2. The van der Waals surface area contributed by atoms with Crippen molar-refractivity contribution >= 4 is 23.6 Å². The lowest BCUT2D eigenvalue weighted by molar-refractivity contribution is -0.133. The Kier molecular flexibility index (Phi) is 8.16. The molecule has 0 spiro atoms. The van der Waals surface area contributed by atoms with Crippen molar-refractivity contribution in [1.29, 1.82) is 0 Å². The monoisotopic (exact) mass is 348 g/mol. The minimum atomic E-state index is -0.426. The minimum absolute atomic E-state index is 0.0789. The number of amides is 2. The molecule has 1 heterocycles. The fraction of sp³-hybridized carbons (Fsp3) is 0.579. The van der Waals surface area contributed by atoms with Crippen LogP contribution in [0.3, 0.4) is 0 Å². The van der Waals surface area contributed by atoms with Crippen LogP contribution in [0.25, 0.3) is 0 Å². The van der Waals surface area contributed by atoms with E-state index >= 15 is 0 Å². The number of likely N-dealkylation sites (tertiary alicyclic amines) is 1. The molecule has 1 fully saturated rings. The molecule has 2 amide bonds. The highest BCUT2D eigenvalue weighted by Crippen LogP contribution is 2.13.